The molecule has 0 spiro atoms. The molecule has 5 rings (SSSR count). The quantitative estimate of drug-likeness (QED) is 0.387. The zero-order valence-electron chi connectivity index (χ0n) is 20.2. The first kappa shape index (κ1) is 23.5. The van der Waals surface area contributed by atoms with Gasteiger partial charge in [-0.25, -0.2) is 4.39 Å². The molecule has 2 amide bonds. The van der Waals surface area contributed by atoms with Crippen molar-refractivity contribution in [1.82, 2.24) is 20.4 Å². The number of aromatic nitrogens is 2. The average Bonchev–Trinajstić information content (AvgIpc) is 3.62. The summed E-state index contributed by atoms with van der Waals surface area (Å²) >= 11 is 0. The van der Waals surface area contributed by atoms with E-state index in [1.165, 1.54) is 6.07 Å². The van der Waals surface area contributed by atoms with Crippen molar-refractivity contribution in [2.45, 2.75) is 38.9 Å². The molecule has 184 valence electrons. The first-order chi connectivity index (χ1) is 17.4. The van der Waals surface area contributed by atoms with Crippen LogP contribution in [-0.4, -0.2) is 34.7 Å². The van der Waals surface area contributed by atoms with Gasteiger partial charge in [0, 0.05) is 23.5 Å². The Morgan fingerprint density at radius 1 is 1.11 bits per heavy atom. The molecule has 2 N–H and O–H groups in total. The van der Waals surface area contributed by atoms with E-state index in [9.17, 15) is 14.0 Å². The van der Waals surface area contributed by atoms with Crippen LogP contribution < -0.4 is 15.4 Å². The Morgan fingerprint density at radius 3 is 2.61 bits per heavy atom. The van der Waals surface area contributed by atoms with E-state index in [2.05, 4.69) is 15.7 Å². The fourth-order valence-electron chi connectivity index (χ4n) is 4.12. The summed E-state index contributed by atoms with van der Waals surface area (Å²) in [6.45, 7) is 2.18. The molecule has 7 nitrogen and oxygen atoms in total. The highest BCUT2D eigenvalue weighted by Gasteiger charge is 2.24. The topological polar surface area (TPSA) is 85.2 Å². The SMILES string of the molecule is COc1ccc(CNC(=O)Cn2ncc3cc(-c4cc(C(=O)NC5CC5)cc(F)c4C)ccc32)cc1. The van der Waals surface area contributed by atoms with Gasteiger partial charge in [0.2, 0.25) is 5.91 Å². The minimum atomic E-state index is -0.419. The van der Waals surface area contributed by atoms with Crippen LogP contribution in [0.5, 0.6) is 5.75 Å². The number of fused-ring (bicyclic) bond motifs is 1. The van der Waals surface area contributed by atoms with Gasteiger partial charge in [0.05, 0.1) is 18.8 Å². The molecule has 4 aromatic rings. The second-order valence-electron chi connectivity index (χ2n) is 9.08. The summed E-state index contributed by atoms with van der Waals surface area (Å²) in [7, 11) is 1.61. The molecular weight excluding hydrogens is 459 g/mol. The predicted molar refractivity (Wildman–Crippen MR) is 135 cm³/mol. The Kier molecular flexibility index (Phi) is 6.41. The van der Waals surface area contributed by atoms with E-state index in [0.717, 1.165) is 40.6 Å². The van der Waals surface area contributed by atoms with Gasteiger partial charge in [-0.1, -0.05) is 18.2 Å². The molecular formula is C28H27FN4O3. The third kappa shape index (κ3) is 5.07. The summed E-state index contributed by atoms with van der Waals surface area (Å²) in [6, 6.07) is 16.3. The third-order valence-electron chi connectivity index (χ3n) is 6.41. The smallest absolute Gasteiger partial charge is 0.251 e. The van der Waals surface area contributed by atoms with Gasteiger partial charge in [-0.2, -0.15) is 5.10 Å². The number of nitrogens with one attached hydrogen (secondary N) is 2. The van der Waals surface area contributed by atoms with E-state index >= 15 is 0 Å². The third-order valence-corrected chi connectivity index (χ3v) is 6.41. The van der Waals surface area contributed by atoms with Crippen LogP contribution in [0.15, 0.2) is 60.8 Å². The average molecular weight is 487 g/mol. The largest absolute Gasteiger partial charge is 0.497 e. The van der Waals surface area contributed by atoms with Crippen LogP contribution in [0.2, 0.25) is 0 Å². The van der Waals surface area contributed by atoms with E-state index in [-0.39, 0.29) is 24.4 Å². The molecule has 0 bridgehead atoms. The van der Waals surface area contributed by atoms with Crippen molar-refractivity contribution in [3.63, 3.8) is 0 Å². The minimum absolute atomic E-state index is 0.0729. The van der Waals surface area contributed by atoms with Gasteiger partial charge in [-0.15, -0.1) is 0 Å². The monoisotopic (exact) mass is 486 g/mol. The summed E-state index contributed by atoms with van der Waals surface area (Å²) in [6.07, 6.45) is 3.62. The van der Waals surface area contributed by atoms with Crippen molar-refractivity contribution in [2.24, 2.45) is 0 Å². The number of nitrogens with zero attached hydrogens (tertiary/aromatic N) is 2. The highest BCUT2D eigenvalue weighted by Crippen LogP contribution is 2.30. The van der Waals surface area contributed by atoms with Crippen LogP contribution in [0.25, 0.3) is 22.0 Å². The van der Waals surface area contributed by atoms with Gasteiger partial charge < -0.3 is 15.4 Å². The maximum Gasteiger partial charge on any atom is 0.251 e. The lowest BCUT2D eigenvalue weighted by Gasteiger charge is -2.12. The molecule has 0 saturated heterocycles. The maximum absolute atomic E-state index is 14.7. The van der Waals surface area contributed by atoms with Crippen molar-refractivity contribution in [3.8, 4) is 16.9 Å². The molecule has 1 aliphatic rings. The first-order valence-corrected chi connectivity index (χ1v) is 11.9. The Hall–Kier alpha value is -4.20. The number of carbonyl (C=O) groups is 2. The Bertz CT molecular complexity index is 1440. The number of ether oxygens (including phenoxy) is 1. The second kappa shape index (κ2) is 9.81. The number of amides is 2. The number of rotatable bonds is 8. The molecule has 0 atom stereocenters. The normalized spacial score (nSPS) is 13.0. The van der Waals surface area contributed by atoms with Crippen molar-refractivity contribution >= 4 is 22.7 Å². The van der Waals surface area contributed by atoms with Crippen LogP contribution >= 0.6 is 0 Å². The van der Waals surface area contributed by atoms with Gasteiger partial charge in [0.25, 0.3) is 5.91 Å². The number of methoxy groups -OCH3 is 1. The molecule has 1 fully saturated rings. The molecule has 1 aliphatic carbocycles. The Labute approximate surface area is 208 Å². The number of halogens is 1. The van der Waals surface area contributed by atoms with E-state index in [1.807, 2.05) is 42.5 Å². The highest BCUT2D eigenvalue weighted by atomic mass is 19.1. The van der Waals surface area contributed by atoms with Crippen LogP contribution in [0.3, 0.4) is 0 Å². The minimum Gasteiger partial charge on any atom is -0.497 e. The van der Waals surface area contributed by atoms with Gasteiger partial charge in [0.15, 0.2) is 0 Å². The fraction of sp³-hybridized carbons (Fsp3) is 0.250. The molecule has 36 heavy (non-hydrogen) atoms. The molecule has 1 heterocycles. The van der Waals surface area contributed by atoms with Crippen LogP contribution in [-0.2, 0) is 17.9 Å². The predicted octanol–water partition coefficient (Wildman–Crippen LogP) is 4.37. The Balaban J connectivity index is 1.31. The van der Waals surface area contributed by atoms with Crippen molar-refractivity contribution in [2.75, 3.05) is 7.11 Å². The molecule has 0 radical (unpaired) electrons. The van der Waals surface area contributed by atoms with E-state index < -0.39 is 5.82 Å². The van der Waals surface area contributed by atoms with Gasteiger partial charge >= 0.3 is 0 Å². The summed E-state index contributed by atoms with van der Waals surface area (Å²) in [4.78, 5) is 25.0. The molecule has 1 aromatic heterocycles. The van der Waals surface area contributed by atoms with Crippen molar-refractivity contribution in [1.29, 1.82) is 0 Å². The van der Waals surface area contributed by atoms with Gasteiger partial charge in [-0.3, -0.25) is 14.3 Å². The summed E-state index contributed by atoms with van der Waals surface area (Å²) in [5.41, 5.74) is 3.98. The summed E-state index contributed by atoms with van der Waals surface area (Å²) < 4.78 is 21.5. The molecule has 0 aliphatic heterocycles. The maximum atomic E-state index is 14.7. The molecule has 8 heteroatoms. The van der Waals surface area contributed by atoms with Crippen LogP contribution in [0.4, 0.5) is 4.39 Å². The van der Waals surface area contributed by atoms with Crippen LogP contribution in [0.1, 0.15) is 34.3 Å². The van der Waals surface area contributed by atoms with E-state index in [4.69, 9.17) is 4.74 Å². The first-order valence-electron chi connectivity index (χ1n) is 11.9. The lowest BCUT2D eigenvalue weighted by Crippen LogP contribution is -2.27. The second-order valence-corrected chi connectivity index (χ2v) is 9.08. The van der Waals surface area contributed by atoms with Crippen molar-refractivity contribution < 1.29 is 18.7 Å². The number of hydrogen-bond donors (Lipinski definition) is 2. The summed E-state index contributed by atoms with van der Waals surface area (Å²) in [5.74, 6) is -0.0733. The summed E-state index contributed by atoms with van der Waals surface area (Å²) in [5, 5.41) is 11.0. The van der Waals surface area contributed by atoms with E-state index in [1.54, 1.807) is 31.0 Å². The van der Waals surface area contributed by atoms with Gasteiger partial charge in [-0.05, 0) is 78.4 Å². The zero-order chi connectivity index (χ0) is 25.2. The standard InChI is InChI=1S/C28H27FN4O3/c1-17-24(12-20(13-25(17)29)28(35)32-22-6-7-22)19-5-10-26-21(11-19)15-31-33(26)16-27(34)30-14-18-3-8-23(36-2)9-4-18/h3-5,8-13,15,22H,6-7,14,16H2,1-2H3,(H,30,34)(H,32,35). The molecule has 0 unspecified atom stereocenters. The van der Waals surface area contributed by atoms with Gasteiger partial charge in [0.1, 0.15) is 18.1 Å². The zero-order valence-corrected chi connectivity index (χ0v) is 20.2. The lowest BCUT2D eigenvalue weighted by molar-refractivity contribution is -0.121. The van der Waals surface area contributed by atoms with Crippen molar-refractivity contribution in [3.05, 3.63) is 83.3 Å². The molecule has 1 saturated carbocycles. The highest BCUT2D eigenvalue weighted by molar-refractivity contribution is 5.96. The lowest BCUT2D eigenvalue weighted by atomic mass is 9.96. The number of carbonyl (C=O) groups excluding carboxylic acids is 2. The number of hydrogen-bond acceptors (Lipinski definition) is 4. The fourth-order valence-corrected chi connectivity index (χ4v) is 4.12. The Morgan fingerprint density at radius 2 is 1.89 bits per heavy atom. The number of benzene rings is 3. The van der Waals surface area contributed by atoms with Crippen LogP contribution in [0, 0.1) is 12.7 Å². The molecule has 3 aromatic carbocycles. The van der Waals surface area contributed by atoms with E-state index in [0.29, 0.717) is 23.2 Å².